The van der Waals surface area contributed by atoms with Crippen molar-refractivity contribution in [2.24, 2.45) is 0 Å². The number of nitrogen functional groups attached to an aromatic ring is 1. The van der Waals surface area contributed by atoms with Gasteiger partial charge in [0.1, 0.15) is 0 Å². The van der Waals surface area contributed by atoms with E-state index in [2.05, 4.69) is 26.2 Å². The maximum Gasteiger partial charge on any atom is 0.255 e. The lowest BCUT2D eigenvalue weighted by Gasteiger charge is -2.09. The molecule has 3 rings (SSSR count). The molecule has 0 atom stereocenters. The Hall–Kier alpha value is -2.40. The number of fused-ring (bicyclic) bond motifs is 1. The summed E-state index contributed by atoms with van der Waals surface area (Å²) < 4.78 is 0.773. The first-order valence-corrected chi connectivity index (χ1v) is 7.13. The lowest BCUT2D eigenvalue weighted by atomic mass is 10.1. The van der Waals surface area contributed by atoms with E-state index >= 15 is 0 Å². The third kappa shape index (κ3) is 2.73. The summed E-state index contributed by atoms with van der Waals surface area (Å²) in [5.74, 6) is -0.196. The van der Waals surface area contributed by atoms with Crippen LogP contribution in [0.15, 0.2) is 59.3 Å². The molecule has 0 unspecified atom stereocenters. The second-order valence-corrected chi connectivity index (χ2v) is 5.45. The van der Waals surface area contributed by atoms with Crippen molar-refractivity contribution in [1.82, 2.24) is 4.98 Å². The average Bonchev–Trinajstić information content (AvgIpc) is 2.50. The molecule has 4 nitrogen and oxygen atoms in total. The van der Waals surface area contributed by atoms with Gasteiger partial charge in [0.05, 0.1) is 0 Å². The first-order valence-electron chi connectivity index (χ1n) is 6.34. The van der Waals surface area contributed by atoms with Crippen LogP contribution in [0.1, 0.15) is 10.4 Å². The molecule has 104 valence electrons. The number of carbonyl (C=O) groups is 1. The average molecular weight is 342 g/mol. The Bertz CT molecular complexity index is 827. The highest BCUT2D eigenvalue weighted by Crippen LogP contribution is 2.24. The predicted octanol–water partition coefficient (Wildman–Crippen LogP) is 3.83. The van der Waals surface area contributed by atoms with E-state index in [4.69, 9.17) is 5.73 Å². The number of anilines is 2. The van der Waals surface area contributed by atoms with E-state index in [0.717, 1.165) is 20.9 Å². The number of pyridine rings is 1. The number of carbonyl (C=O) groups excluding carboxylic acids is 1. The van der Waals surface area contributed by atoms with E-state index < -0.39 is 0 Å². The molecule has 21 heavy (non-hydrogen) atoms. The van der Waals surface area contributed by atoms with Crippen LogP contribution in [0.5, 0.6) is 0 Å². The van der Waals surface area contributed by atoms with Crippen molar-refractivity contribution in [2.45, 2.75) is 0 Å². The Morgan fingerprint density at radius 3 is 2.86 bits per heavy atom. The van der Waals surface area contributed by atoms with Gasteiger partial charge in [0.25, 0.3) is 5.91 Å². The number of halogens is 1. The van der Waals surface area contributed by atoms with E-state index in [9.17, 15) is 4.79 Å². The van der Waals surface area contributed by atoms with Crippen LogP contribution in [0.25, 0.3) is 10.8 Å². The van der Waals surface area contributed by atoms with Gasteiger partial charge in [-0.2, -0.15) is 0 Å². The number of nitrogens with two attached hydrogens (primary N) is 1. The topological polar surface area (TPSA) is 68.0 Å². The van der Waals surface area contributed by atoms with Crippen LogP contribution in [-0.2, 0) is 0 Å². The Kier molecular flexibility index (Phi) is 3.58. The van der Waals surface area contributed by atoms with Crippen LogP contribution in [0.3, 0.4) is 0 Å². The number of nitrogens with zero attached hydrogens (tertiary/aromatic N) is 1. The van der Waals surface area contributed by atoms with Crippen LogP contribution in [0, 0.1) is 0 Å². The minimum atomic E-state index is -0.196. The second-order valence-electron chi connectivity index (χ2n) is 4.59. The smallest absolute Gasteiger partial charge is 0.255 e. The second kappa shape index (κ2) is 5.54. The van der Waals surface area contributed by atoms with Gasteiger partial charge in [0.2, 0.25) is 0 Å². The first-order chi connectivity index (χ1) is 10.1. The number of rotatable bonds is 2. The van der Waals surface area contributed by atoms with Crippen LogP contribution in [0.2, 0.25) is 0 Å². The van der Waals surface area contributed by atoms with Gasteiger partial charge >= 0.3 is 0 Å². The molecule has 2 aromatic carbocycles. The lowest BCUT2D eigenvalue weighted by Crippen LogP contribution is -2.12. The van der Waals surface area contributed by atoms with E-state index in [1.54, 1.807) is 30.6 Å². The molecule has 0 aliphatic heterocycles. The van der Waals surface area contributed by atoms with Crippen molar-refractivity contribution in [3.05, 3.63) is 64.9 Å². The summed E-state index contributed by atoms with van der Waals surface area (Å²) >= 11 is 3.31. The number of benzene rings is 2. The third-order valence-electron chi connectivity index (χ3n) is 3.19. The fourth-order valence-electron chi connectivity index (χ4n) is 2.11. The standard InChI is InChI=1S/C16H12BrN3O/c17-13-5-4-10(8-14(13)18)16(21)20-15-3-1-2-11-9-19-7-6-12(11)15/h1-9H,18H2,(H,20,21). The van der Waals surface area contributed by atoms with Crippen LogP contribution < -0.4 is 11.1 Å². The highest BCUT2D eigenvalue weighted by molar-refractivity contribution is 9.10. The highest BCUT2D eigenvalue weighted by Gasteiger charge is 2.09. The molecule has 0 saturated carbocycles. The lowest BCUT2D eigenvalue weighted by molar-refractivity contribution is 0.102. The quantitative estimate of drug-likeness (QED) is 0.696. The highest BCUT2D eigenvalue weighted by atomic mass is 79.9. The summed E-state index contributed by atoms with van der Waals surface area (Å²) in [5.41, 5.74) is 7.61. The van der Waals surface area contributed by atoms with E-state index in [-0.39, 0.29) is 5.91 Å². The summed E-state index contributed by atoms with van der Waals surface area (Å²) in [5, 5.41) is 4.84. The minimum absolute atomic E-state index is 0.196. The number of aromatic nitrogens is 1. The molecule has 0 radical (unpaired) electrons. The monoisotopic (exact) mass is 341 g/mol. The Morgan fingerprint density at radius 1 is 1.19 bits per heavy atom. The molecule has 0 bridgehead atoms. The Labute approximate surface area is 130 Å². The van der Waals surface area contributed by atoms with Crippen molar-refractivity contribution in [3.63, 3.8) is 0 Å². The molecule has 3 N–H and O–H groups in total. The van der Waals surface area contributed by atoms with Crippen molar-refractivity contribution < 1.29 is 4.79 Å². The first kappa shape index (κ1) is 13.6. The van der Waals surface area contributed by atoms with Gasteiger partial charge in [-0.05, 0) is 46.3 Å². The third-order valence-corrected chi connectivity index (χ3v) is 3.91. The van der Waals surface area contributed by atoms with E-state index in [1.807, 2.05) is 24.3 Å². The van der Waals surface area contributed by atoms with Crippen LogP contribution in [0.4, 0.5) is 11.4 Å². The maximum absolute atomic E-state index is 12.3. The maximum atomic E-state index is 12.3. The van der Waals surface area contributed by atoms with Crippen LogP contribution >= 0.6 is 15.9 Å². The van der Waals surface area contributed by atoms with Gasteiger partial charge in [-0.3, -0.25) is 9.78 Å². The normalized spacial score (nSPS) is 10.5. The molecule has 3 aromatic rings. The minimum Gasteiger partial charge on any atom is -0.398 e. The Morgan fingerprint density at radius 2 is 2.05 bits per heavy atom. The summed E-state index contributed by atoms with van der Waals surface area (Å²) in [4.78, 5) is 16.4. The number of hydrogen-bond acceptors (Lipinski definition) is 3. The molecular weight excluding hydrogens is 330 g/mol. The van der Waals surface area contributed by atoms with Crippen LogP contribution in [-0.4, -0.2) is 10.9 Å². The fourth-order valence-corrected chi connectivity index (χ4v) is 2.36. The fraction of sp³-hybridized carbons (Fsp3) is 0. The van der Waals surface area contributed by atoms with Crippen molar-refractivity contribution in [3.8, 4) is 0 Å². The molecular formula is C16H12BrN3O. The van der Waals surface area contributed by atoms with Crippen molar-refractivity contribution in [1.29, 1.82) is 0 Å². The van der Waals surface area contributed by atoms with Crippen molar-refractivity contribution in [2.75, 3.05) is 11.1 Å². The largest absolute Gasteiger partial charge is 0.398 e. The van der Waals surface area contributed by atoms with Gasteiger partial charge in [-0.25, -0.2) is 0 Å². The molecule has 1 heterocycles. The van der Waals surface area contributed by atoms with Gasteiger partial charge < -0.3 is 11.1 Å². The molecule has 0 spiro atoms. The molecule has 0 saturated heterocycles. The van der Waals surface area contributed by atoms with E-state index in [0.29, 0.717) is 11.3 Å². The van der Waals surface area contributed by atoms with Gasteiger partial charge in [0.15, 0.2) is 0 Å². The molecule has 0 fully saturated rings. The van der Waals surface area contributed by atoms with Gasteiger partial charge in [-0.1, -0.05) is 12.1 Å². The molecule has 0 aliphatic rings. The predicted molar refractivity (Wildman–Crippen MR) is 88.3 cm³/mol. The zero-order valence-electron chi connectivity index (χ0n) is 11.0. The Balaban J connectivity index is 1.94. The SMILES string of the molecule is Nc1cc(C(=O)Nc2cccc3cnccc23)ccc1Br. The van der Waals surface area contributed by atoms with Gasteiger partial charge in [0, 0.05) is 44.6 Å². The summed E-state index contributed by atoms with van der Waals surface area (Å²) in [6, 6.07) is 12.7. The molecule has 1 aromatic heterocycles. The zero-order valence-corrected chi connectivity index (χ0v) is 12.6. The number of hydrogen-bond donors (Lipinski definition) is 2. The number of nitrogens with one attached hydrogen (secondary N) is 1. The zero-order chi connectivity index (χ0) is 14.8. The summed E-state index contributed by atoms with van der Waals surface area (Å²) in [7, 11) is 0. The molecule has 5 heteroatoms. The summed E-state index contributed by atoms with van der Waals surface area (Å²) in [6.07, 6.45) is 3.47. The van der Waals surface area contributed by atoms with E-state index in [1.165, 1.54) is 0 Å². The molecule has 1 amide bonds. The van der Waals surface area contributed by atoms with Crippen molar-refractivity contribution >= 4 is 44.0 Å². The van der Waals surface area contributed by atoms with Gasteiger partial charge in [-0.15, -0.1) is 0 Å². The number of amides is 1. The molecule has 0 aliphatic carbocycles. The summed E-state index contributed by atoms with van der Waals surface area (Å²) in [6.45, 7) is 0.